The molecule has 1 amide bonds. The summed E-state index contributed by atoms with van der Waals surface area (Å²) in [5, 5.41) is 9.47. The number of carbonyl (C=O) groups is 2. The maximum absolute atomic E-state index is 12.5. The van der Waals surface area contributed by atoms with Crippen LogP contribution in [-0.4, -0.2) is 40.6 Å². The Kier molecular flexibility index (Phi) is 4.73. The van der Waals surface area contributed by atoms with E-state index in [1.54, 1.807) is 30.0 Å². The van der Waals surface area contributed by atoms with Crippen LogP contribution in [0.5, 0.6) is 5.75 Å². The van der Waals surface area contributed by atoms with E-state index in [9.17, 15) is 9.59 Å². The van der Waals surface area contributed by atoms with E-state index in [0.29, 0.717) is 23.7 Å². The predicted octanol–water partition coefficient (Wildman–Crippen LogP) is 2.36. The number of hydrogen-bond acceptors (Lipinski definition) is 3. The van der Waals surface area contributed by atoms with Gasteiger partial charge in [-0.1, -0.05) is 11.6 Å². The van der Waals surface area contributed by atoms with Crippen LogP contribution in [0, 0.1) is 0 Å². The average Bonchev–Trinajstić information content (AvgIpc) is 2.81. The summed E-state index contributed by atoms with van der Waals surface area (Å²) in [5.41, 5.74) is 0.905. The van der Waals surface area contributed by atoms with Gasteiger partial charge in [0.1, 0.15) is 5.75 Å². The minimum Gasteiger partial charge on any atom is -0.481 e. The largest absolute Gasteiger partial charge is 0.481 e. The highest BCUT2D eigenvalue weighted by atomic mass is 35.5. The van der Waals surface area contributed by atoms with Crippen molar-refractivity contribution in [2.75, 3.05) is 6.54 Å². The van der Waals surface area contributed by atoms with Crippen molar-refractivity contribution in [3.05, 3.63) is 28.8 Å². The third kappa shape index (κ3) is 3.47. The van der Waals surface area contributed by atoms with Gasteiger partial charge in [-0.2, -0.15) is 0 Å². The molecule has 6 heteroatoms. The highest BCUT2D eigenvalue weighted by Crippen LogP contribution is 2.32. The molecule has 1 aliphatic heterocycles. The molecule has 0 aromatic heterocycles. The van der Waals surface area contributed by atoms with Gasteiger partial charge >= 0.3 is 5.97 Å². The van der Waals surface area contributed by atoms with Crippen LogP contribution in [-0.2, 0) is 16.0 Å². The van der Waals surface area contributed by atoms with Crippen LogP contribution in [0.15, 0.2) is 18.2 Å². The van der Waals surface area contributed by atoms with Gasteiger partial charge in [-0.3, -0.25) is 9.59 Å². The van der Waals surface area contributed by atoms with E-state index in [2.05, 4.69) is 0 Å². The van der Waals surface area contributed by atoms with Gasteiger partial charge in [-0.25, -0.2) is 0 Å². The van der Waals surface area contributed by atoms with Gasteiger partial charge in [0, 0.05) is 24.0 Å². The van der Waals surface area contributed by atoms with Crippen LogP contribution < -0.4 is 4.74 Å². The maximum atomic E-state index is 12.5. The topological polar surface area (TPSA) is 66.8 Å². The first-order valence-electron chi connectivity index (χ1n) is 6.89. The minimum absolute atomic E-state index is 0.0783. The highest BCUT2D eigenvalue weighted by molar-refractivity contribution is 6.30. The van der Waals surface area contributed by atoms with Gasteiger partial charge in [0.25, 0.3) is 5.91 Å². The first-order chi connectivity index (χ1) is 9.92. The number of ether oxygens (including phenoxy) is 1. The Labute approximate surface area is 128 Å². The molecule has 1 aliphatic rings. The van der Waals surface area contributed by atoms with E-state index in [1.165, 1.54) is 0 Å². The van der Waals surface area contributed by atoms with Crippen molar-refractivity contribution in [3.8, 4) is 5.75 Å². The molecule has 5 nitrogen and oxygen atoms in total. The van der Waals surface area contributed by atoms with Gasteiger partial charge in [-0.05, 0) is 37.6 Å². The summed E-state index contributed by atoms with van der Waals surface area (Å²) in [4.78, 5) is 24.9. The van der Waals surface area contributed by atoms with E-state index >= 15 is 0 Å². The van der Waals surface area contributed by atoms with Crippen LogP contribution in [0.4, 0.5) is 0 Å². The Bertz CT molecular complexity index is 561. The SMILES string of the molecule is CCN(C(=O)C1Cc2cc(Cl)ccc2O1)C(C)CC(=O)O. The van der Waals surface area contributed by atoms with Crippen molar-refractivity contribution in [1.29, 1.82) is 0 Å². The summed E-state index contributed by atoms with van der Waals surface area (Å²) >= 11 is 5.93. The number of rotatable bonds is 5. The second-order valence-electron chi connectivity index (χ2n) is 5.13. The van der Waals surface area contributed by atoms with E-state index in [1.807, 2.05) is 6.92 Å². The smallest absolute Gasteiger partial charge is 0.305 e. The quantitative estimate of drug-likeness (QED) is 0.906. The Morgan fingerprint density at radius 3 is 2.86 bits per heavy atom. The Balaban J connectivity index is 2.08. The van der Waals surface area contributed by atoms with Gasteiger partial charge in [0.05, 0.1) is 6.42 Å². The molecule has 0 fully saturated rings. The third-order valence-corrected chi connectivity index (χ3v) is 3.83. The number of carboxylic acid groups (broad SMARTS) is 1. The second kappa shape index (κ2) is 6.35. The Hall–Kier alpha value is -1.75. The molecular formula is C15H18ClNO4. The lowest BCUT2D eigenvalue weighted by atomic mass is 10.1. The van der Waals surface area contributed by atoms with Gasteiger partial charge in [0.15, 0.2) is 6.10 Å². The number of aliphatic carboxylic acids is 1. The highest BCUT2D eigenvalue weighted by Gasteiger charge is 2.34. The van der Waals surface area contributed by atoms with Gasteiger partial charge in [-0.15, -0.1) is 0 Å². The van der Waals surface area contributed by atoms with Crippen LogP contribution >= 0.6 is 11.6 Å². The van der Waals surface area contributed by atoms with Gasteiger partial charge in [0.2, 0.25) is 0 Å². The van der Waals surface area contributed by atoms with E-state index in [0.717, 1.165) is 5.56 Å². The zero-order valence-electron chi connectivity index (χ0n) is 12.0. The van der Waals surface area contributed by atoms with E-state index in [4.69, 9.17) is 21.4 Å². The lowest BCUT2D eigenvalue weighted by Gasteiger charge is -2.29. The first-order valence-corrected chi connectivity index (χ1v) is 7.27. The Morgan fingerprint density at radius 2 is 2.24 bits per heavy atom. The van der Waals surface area contributed by atoms with E-state index < -0.39 is 12.1 Å². The normalized spacial score (nSPS) is 17.8. The number of halogens is 1. The van der Waals surface area contributed by atoms with E-state index in [-0.39, 0.29) is 18.4 Å². The molecule has 0 saturated heterocycles. The molecule has 0 bridgehead atoms. The van der Waals surface area contributed by atoms with Crippen molar-refractivity contribution in [2.24, 2.45) is 0 Å². The van der Waals surface area contributed by atoms with Crippen molar-refractivity contribution in [2.45, 2.75) is 38.8 Å². The zero-order valence-corrected chi connectivity index (χ0v) is 12.8. The molecule has 114 valence electrons. The van der Waals surface area contributed by atoms with Crippen LogP contribution in [0.3, 0.4) is 0 Å². The molecule has 0 radical (unpaired) electrons. The molecule has 2 unspecified atom stereocenters. The van der Waals surface area contributed by atoms with Crippen LogP contribution in [0.1, 0.15) is 25.8 Å². The first kappa shape index (κ1) is 15.6. The predicted molar refractivity (Wildman–Crippen MR) is 78.7 cm³/mol. The third-order valence-electron chi connectivity index (χ3n) is 3.60. The van der Waals surface area contributed by atoms with Crippen LogP contribution in [0.25, 0.3) is 0 Å². The summed E-state index contributed by atoms with van der Waals surface area (Å²) in [7, 11) is 0. The fraction of sp³-hybridized carbons (Fsp3) is 0.467. The number of carbonyl (C=O) groups excluding carboxylic acids is 1. The molecule has 1 N–H and O–H groups in total. The number of carboxylic acids is 1. The number of fused-ring (bicyclic) bond motifs is 1. The fourth-order valence-electron chi connectivity index (χ4n) is 2.59. The molecule has 2 rings (SSSR count). The number of amides is 1. The summed E-state index contributed by atoms with van der Waals surface area (Å²) in [6.07, 6.45) is -0.217. The van der Waals surface area contributed by atoms with Crippen molar-refractivity contribution in [1.82, 2.24) is 4.90 Å². The summed E-state index contributed by atoms with van der Waals surface area (Å²) in [5.74, 6) is -0.436. The van der Waals surface area contributed by atoms with Crippen molar-refractivity contribution in [3.63, 3.8) is 0 Å². The summed E-state index contributed by atoms with van der Waals surface area (Å²) < 4.78 is 5.66. The molecule has 1 heterocycles. The fourth-order valence-corrected chi connectivity index (χ4v) is 2.78. The second-order valence-corrected chi connectivity index (χ2v) is 5.57. The number of likely N-dealkylation sites (N-methyl/N-ethyl adjacent to an activating group) is 1. The van der Waals surface area contributed by atoms with Crippen molar-refractivity contribution < 1.29 is 19.4 Å². The maximum Gasteiger partial charge on any atom is 0.305 e. The molecule has 0 aliphatic carbocycles. The molecule has 2 atom stereocenters. The van der Waals surface area contributed by atoms with Crippen LogP contribution in [0.2, 0.25) is 5.02 Å². The molecule has 1 aromatic carbocycles. The monoisotopic (exact) mass is 311 g/mol. The van der Waals surface area contributed by atoms with Gasteiger partial charge < -0.3 is 14.7 Å². The standard InChI is InChI=1S/C15H18ClNO4/c1-3-17(9(2)6-14(18)19)15(20)13-8-10-7-11(16)4-5-12(10)21-13/h4-5,7,9,13H,3,6,8H2,1-2H3,(H,18,19). The molecule has 0 spiro atoms. The lowest BCUT2D eigenvalue weighted by molar-refractivity contribution is -0.143. The Morgan fingerprint density at radius 1 is 1.52 bits per heavy atom. The number of benzene rings is 1. The number of nitrogens with zero attached hydrogens (tertiary/aromatic N) is 1. The summed E-state index contributed by atoms with van der Waals surface area (Å²) in [6.45, 7) is 4.01. The lowest BCUT2D eigenvalue weighted by Crippen LogP contribution is -2.46. The molecule has 1 aromatic rings. The van der Waals surface area contributed by atoms with Crippen molar-refractivity contribution >= 4 is 23.5 Å². The zero-order chi connectivity index (χ0) is 15.6. The molecular weight excluding hydrogens is 294 g/mol. The number of hydrogen-bond donors (Lipinski definition) is 1. The summed E-state index contributed by atoms with van der Waals surface area (Å²) in [6, 6.07) is 4.90. The molecule has 0 saturated carbocycles. The minimum atomic E-state index is -0.920. The molecule has 21 heavy (non-hydrogen) atoms. The average molecular weight is 312 g/mol.